The van der Waals surface area contributed by atoms with E-state index >= 15 is 0 Å². The molecule has 1 aromatic heterocycles. The van der Waals surface area contributed by atoms with E-state index in [1.165, 1.54) is 12.1 Å². The molecular weight excluding hydrogens is 207 g/mol. The molecule has 0 saturated carbocycles. The van der Waals surface area contributed by atoms with Gasteiger partial charge in [-0.15, -0.1) is 10.2 Å². The van der Waals surface area contributed by atoms with E-state index in [0.29, 0.717) is 6.54 Å². The van der Waals surface area contributed by atoms with E-state index in [4.69, 9.17) is 0 Å². The molecule has 0 unspecified atom stereocenters. The van der Waals surface area contributed by atoms with Gasteiger partial charge in [0, 0.05) is 18.1 Å². The monoisotopic (exact) mass is 216 g/mol. The predicted molar refractivity (Wildman–Crippen MR) is 57.9 cm³/mol. The third-order valence-corrected chi connectivity index (χ3v) is 2.51. The molecule has 0 aliphatic carbocycles. The van der Waals surface area contributed by atoms with Crippen molar-refractivity contribution in [2.75, 3.05) is 4.90 Å². The molecule has 16 heavy (non-hydrogen) atoms. The lowest BCUT2D eigenvalue weighted by Gasteiger charge is -2.23. The van der Waals surface area contributed by atoms with E-state index in [1.54, 1.807) is 12.4 Å². The number of hydrogen-bond acceptors (Lipinski definition) is 3. The van der Waals surface area contributed by atoms with E-state index in [9.17, 15) is 4.39 Å². The van der Waals surface area contributed by atoms with Gasteiger partial charge in [0.25, 0.3) is 0 Å². The molecule has 0 atom stereocenters. The van der Waals surface area contributed by atoms with Crippen LogP contribution in [0.25, 0.3) is 6.20 Å². The summed E-state index contributed by atoms with van der Waals surface area (Å²) in [5, 5.41) is 7.79. The van der Waals surface area contributed by atoms with Crippen LogP contribution in [0.15, 0.2) is 36.8 Å². The Morgan fingerprint density at radius 3 is 3.06 bits per heavy atom. The number of anilines is 1. The van der Waals surface area contributed by atoms with Gasteiger partial charge in [-0.25, -0.2) is 4.39 Å². The SMILES string of the molecule is Fc1cccc(N2C=Cn3cnnc3C2)c1. The van der Waals surface area contributed by atoms with Crippen molar-refractivity contribution < 1.29 is 4.39 Å². The molecule has 0 bridgehead atoms. The smallest absolute Gasteiger partial charge is 0.156 e. The van der Waals surface area contributed by atoms with Gasteiger partial charge in [-0.05, 0) is 18.2 Å². The van der Waals surface area contributed by atoms with Crippen LogP contribution in [-0.2, 0) is 6.54 Å². The Morgan fingerprint density at radius 1 is 1.25 bits per heavy atom. The minimum absolute atomic E-state index is 0.238. The summed E-state index contributed by atoms with van der Waals surface area (Å²) in [6, 6.07) is 6.48. The van der Waals surface area contributed by atoms with Gasteiger partial charge >= 0.3 is 0 Å². The van der Waals surface area contributed by atoms with Crippen molar-refractivity contribution >= 4 is 11.9 Å². The fraction of sp³-hybridized carbons (Fsp3) is 0.0909. The molecule has 2 heterocycles. The highest BCUT2D eigenvalue weighted by Gasteiger charge is 2.13. The average molecular weight is 216 g/mol. The van der Waals surface area contributed by atoms with Crippen LogP contribution in [0.1, 0.15) is 5.82 Å². The maximum absolute atomic E-state index is 13.1. The third kappa shape index (κ3) is 1.46. The third-order valence-electron chi connectivity index (χ3n) is 2.51. The number of aromatic nitrogens is 3. The van der Waals surface area contributed by atoms with Crippen molar-refractivity contribution in [3.05, 3.63) is 48.4 Å². The minimum Gasteiger partial charge on any atom is -0.339 e. The molecule has 0 amide bonds. The van der Waals surface area contributed by atoms with Crippen LogP contribution in [0.4, 0.5) is 10.1 Å². The fourth-order valence-electron chi connectivity index (χ4n) is 1.69. The predicted octanol–water partition coefficient (Wildman–Crippen LogP) is 1.87. The summed E-state index contributed by atoms with van der Waals surface area (Å²) in [6.45, 7) is 0.597. The van der Waals surface area contributed by atoms with Gasteiger partial charge in [0.1, 0.15) is 12.1 Å². The Labute approximate surface area is 91.6 Å². The first-order valence-electron chi connectivity index (χ1n) is 4.92. The number of nitrogens with zero attached hydrogens (tertiary/aromatic N) is 4. The lowest BCUT2D eigenvalue weighted by Crippen LogP contribution is -2.21. The molecule has 0 fully saturated rings. The maximum atomic E-state index is 13.1. The molecule has 80 valence electrons. The molecule has 1 aromatic carbocycles. The minimum atomic E-state index is -0.238. The van der Waals surface area contributed by atoms with Crippen molar-refractivity contribution in [1.82, 2.24) is 14.8 Å². The second-order valence-corrected chi connectivity index (χ2v) is 3.56. The summed E-state index contributed by atoms with van der Waals surface area (Å²) in [4.78, 5) is 1.92. The highest BCUT2D eigenvalue weighted by atomic mass is 19.1. The molecular formula is C11H9FN4. The van der Waals surface area contributed by atoms with E-state index in [0.717, 1.165) is 11.5 Å². The normalized spacial score (nSPS) is 13.9. The van der Waals surface area contributed by atoms with Gasteiger partial charge in [-0.1, -0.05) is 6.07 Å². The van der Waals surface area contributed by atoms with Gasteiger partial charge in [-0.3, -0.25) is 4.57 Å². The number of fused-ring (bicyclic) bond motifs is 1. The summed E-state index contributed by atoms with van der Waals surface area (Å²) in [6.07, 6.45) is 5.38. The summed E-state index contributed by atoms with van der Waals surface area (Å²) < 4.78 is 14.9. The van der Waals surface area contributed by atoms with Gasteiger partial charge in [0.05, 0.1) is 6.54 Å². The Hall–Kier alpha value is -2.17. The lowest BCUT2D eigenvalue weighted by atomic mass is 10.2. The molecule has 4 nitrogen and oxygen atoms in total. The van der Waals surface area contributed by atoms with Crippen molar-refractivity contribution in [3.63, 3.8) is 0 Å². The largest absolute Gasteiger partial charge is 0.339 e. The van der Waals surface area contributed by atoms with Crippen molar-refractivity contribution in [1.29, 1.82) is 0 Å². The number of benzene rings is 1. The first-order valence-corrected chi connectivity index (χ1v) is 4.92. The Kier molecular flexibility index (Phi) is 1.96. The zero-order valence-corrected chi connectivity index (χ0v) is 8.42. The maximum Gasteiger partial charge on any atom is 0.156 e. The highest BCUT2D eigenvalue weighted by Crippen LogP contribution is 2.20. The van der Waals surface area contributed by atoms with Crippen LogP contribution in [0.2, 0.25) is 0 Å². The average Bonchev–Trinajstić information content (AvgIpc) is 2.75. The zero-order chi connectivity index (χ0) is 11.0. The number of halogens is 1. The first-order chi connectivity index (χ1) is 7.83. The number of rotatable bonds is 1. The standard InChI is InChI=1S/C11H9FN4/c12-9-2-1-3-10(6-9)15-4-5-16-8-13-14-11(16)7-15/h1-6,8H,7H2. The Bertz CT molecular complexity index is 546. The molecule has 5 heteroatoms. The van der Waals surface area contributed by atoms with Gasteiger partial charge in [0.2, 0.25) is 0 Å². The van der Waals surface area contributed by atoms with E-state index < -0.39 is 0 Å². The fourth-order valence-corrected chi connectivity index (χ4v) is 1.69. The first kappa shape index (κ1) is 9.08. The Balaban J connectivity index is 1.94. The van der Waals surface area contributed by atoms with E-state index in [-0.39, 0.29) is 5.82 Å². The van der Waals surface area contributed by atoms with Crippen LogP contribution in [-0.4, -0.2) is 14.8 Å². The van der Waals surface area contributed by atoms with Gasteiger partial charge in [-0.2, -0.15) is 0 Å². The highest BCUT2D eigenvalue weighted by molar-refractivity contribution is 5.53. The molecule has 3 rings (SSSR count). The summed E-state index contributed by atoms with van der Waals surface area (Å²) in [5.41, 5.74) is 0.811. The molecule has 0 radical (unpaired) electrons. The molecule has 1 aliphatic rings. The molecule has 0 saturated heterocycles. The quantitative estimate of drug-likeness (QED) is 0.729. The van der Waals surface area contributed by atoms with E-state index in [2.05, 4.69) is 10.2 Å². The van der Waals surface area contributed by atoms with Crippen LogP contribution >= 0.6 is 0 Å². The molecule has 0 N–H and O–H groups in total. The topological polar surface area (TPSA) is 34.0 Å². The second kappa shape index (κ2) is 3.44. The van der Waals surface area contributed by atoms with Gasteiger partial charge in [0.15, 0.2) is 5.82 Å². The summed E-state index contributed by atoms with van der Waals surface area (Å²) in [5.74, 6) is 0.602. The van der Waals surface area contributed by atoms with E-state index in [1.807, 2.05) is 27.9 Å². The second-order valence-electron chi connectivity index (χ2n) is 3.56. The van der Waals surface area contributed by atoms with Gasteiger partial charge < -0.3 is 4.90 Å². The molecule has 0 spiro atoms. The Morgan fingerprint density at radius 2 is 2.19 bits per heavy atom. The van der Waals surface area contributed by atoms with Crippen molar-refractivity contribution in [3.8, 4) is 0 Å². The van der Waals surface area contributed by atoms with Crippen LogP contribution in [0, 0.1) is 5.82 Å². The molecule has 2 aromatic rings. The van der Waals surface area contributed by atoms with Crippen LogP contribution in [0.3, 0.4) is 0 Å². The summed E-state index contributed by atoms with van der Waals surface area (Å²) in [7, 11) is 0. The molecule has 1 aliphatic heterocycles. The lowest BCUT2D eigenvalue weighted by molar-refractivity contribution is 0.627. The van der Waals surface area contributed by atoms with Crippen molar-refractivity contribution in [2.45, 2.75) is 6.54 Å². The van der Waals surface area contributed by atoms with Crippen LogP contribution < -0.4 is 4.90 Å². The van der Waals surface area contributed by atoms with Crippen molar-refractivity contribution in [2.24, 2.45) is 0 Å². The zero-order valence-electron chi connectivity index (χ0n) is 8.42. The number of hydrogen-bond donors (Lipinski definition) is 0. The summed E-state index contributed by atoms with van der Waals surface area (Å²) >= 11 is 0. The van der Waals surface area contributed by atoms with Crippen LogP contribution in [0.5, 0.6) is 0 Å².